The van der Waals surface area contributed by atoms with Crippen LogP contribution in [0.5, 0.6) is 0 Å². The molecule has 0 aromatic carbocycles. The molecular formula is C12H18N2O. The molecule has 1 unspecified atom stereocenters. The van der Waals surface area contributed by atoms with Crippen molar-refractivity contribution in [2.75, 3.05) is 13.1 Å². The van der Waals surface area contributed by atoms with Crippen LogP contribution in [0.2, 0.25) is 0 Å². The number of carbonyl (C=O) groups is 1. The Kier molecular flexibility index (Phi) is 3.25. The van der Waals surface area contributed by atoms with Gasteiger partial charge in [-0.15, -0.1) is 0 Å². The average molecular weight is 206 g/mol. The van der Waals surface area contributed by atoms with Gasteiger partial charge in [-0.05, 0) is 18.8 Å². The van der Waals surface area contributed by atoms with E-state index < -0.39 is 0 Å². The number of rotatable bonds is 2. The van der Waals surface area contributed by atoms with E-state index >= 15 is 0 Å². The highest BCUT2D eigenvalue weighted by Gasteiger charge is 2.31. The first kappa shape index (κ1) is 10.5. The monoisotopic (exact) mass is 206 g/mol. The van der Waals surface area contributed by atoms with Crippen molar-refractivity contribution in [3.63, 3.8) is 0 Å². The average Bonchev–Trinajstić information content (AvgIpc) is 2.61. The van der Waals surface area contributed by atoms with Crippen molar-refractivity contribution in [2.45, 2.75) is 38.5 Å². The van der Waals surface area contributed by atoms with Gasteiger partial charge in [-0.3, -0.25) is 4.79 Å². The van der Waals surface area contributed by atoms with Gasteiger partial charge in [-0.25, -0.2) is 0 Å². The SMILES string of the molecule is N#CC1CC(=O)N(CC2CCCCC2)C1. The maximum absolute atomic E-state index is 11.6. The summed E-state index contributed by atoms with van der Waals surface area (Å²) in [5, 5.41) is 8.78. The minimum Gasteiger partial charge on any atom is -0.341 e. The quantitative estimate of drug-likeness (QED) is 0.693. The van der Waals surface area contributed by atoms with Crippen molar-refractivity contribution in [3.05, 3.63) is 0 Å². The Bertz CT molecular complexity index is 276. The molecule has 82 valence electrons. The minimum absolute atomic E-state index is 0.0545. The molecule has 15 heavy (non-hydrogen) atoms. The molecule has 1 atom stereocenters. The second-order valence-electron chi connectivity index (χ2n) is 4.83. The van der Waals surface area contributed by atoms with Crippen LogP contribution < -0.4 is 0 Å². The summed E-state index contributed by atoms with van der Waals surface area (Å²) < 4.78 is 0. The summed E-state index contributed by atoms with van der Waals surface area (Å²) in [5.41, 5.74) is 0. The predicted octanol–water partition coefficient (Wildman–Crippen LogP) is 1.94. The van der Waals surface area contributed by atoms with Crippen LogP contribution in [0.3, 0.4) is 0 Å². The molecule has 0 bridgehead atoms. The maximum atomic E-state index is 11.6. The zero-order valence-corrected chi connectivity index (χ0v) is 9.11. The topological polar surface area (TPSA) is 44.1 Å². The number of hydrogen-bond acceptors (Lipinski definition) is 2. The molecular weight excluding hydrogens is 188 g/mol. The van der Waals surface area contributed by atoms with Gasteiger partial charge in [0.25, 0.3) is 0 Å². The van der Waals surface area contributed by atoms with Crippen LogP contribution in [0.25, 0.3) is 0 Å². The number of amides is 1. The van der Waals surface area contributed by atoms with Crippen LogP contribution in [0, 0.1) is 23.2 Å². The van der Waals surface area contributed by atoms with Crippen LogP contribution in [0.15, 0.2) is 0 Å². The molecule has 0 radical (unpaired) electrons. The predicted molar refractivity (Wildman–Crippen MR) is 56.9 cm³/mol. The Hall–Kier alpha value is -1.04. The van der Waals surface area contributed by atoms with Gasteiger partial charge in [0.2, 0.25) is 5.91 Å². The molecule has 1 amide bonds. The molecule has 1 aliphatic heterocycles. The van der Waals surface area contributed by atoms with Gasteiger partial charge in [0.05, 0.1) is 12.0 Å². The molecule has 3 heteroatoms. The molecule has 2 fully saturated rings. The Balaban J connectivity index is 1.84. The van der Waals surface area contributed by atoms with Gasteiger partial charge in [-0.2, -0.15) is 5.26 Å². The van der Waals surface area contributed by atoms with E-state index in [1.165, 1.54) is 32.1 Å². The fraction of sp³-hybridized carbons (Fsp3) is 0.833. The fourth-order valence-electron chi connectivity index (χ4n) is 2.72. The molecule has 0 spiro atoms. The van der Waals surface area contributed by atoms with Crippen molar-refractivity contribution in [3.8, 4) is 6.07 Å². The molecule has 3 nitrogen and oxygen atoms in total. The third kappa shape index (κ3) is 2.50. The van der Waals surface area contributed by atoms with Crippen molar-refractivity contribution >= 4 is 5.91 Å². The first-order chi connectivity index (χ1) is 7.29. The summed E-state index contributed by atoms with van der Waals surface area (Å²) in [5.74, 6) is 0.827. The van der Waals surface area contributed by atoms with Gasteiger partial charge >= 0.3 is 0 Å². The largest absolute Gasteiger partial charge is 0.341 e. The van der Waals surface area contributed by atoms with E-state index in [1.54, 1.807) is 0 Å². The van der Waals surface area contributed by atoms with Crippen LogP contribution in [0.4, 0.5) is 0 Å². The summed E-state index contributed by atoms with van der Waals surface area (Å²) in [7, 11) is 0. The molecule has 1 heterocycles. The number of likely N-dealkylation sites (tertiary alicyclic amines) is 1. The number of hydrogen-bond donors (Lipinski definition) is 0. The van der Waals surface area contributed by atoms with Crippen molar-refractivity contribution < 1.29 is 4.79 Å². The Morgan fingerprint density at radius 3 is 2.67 bits per heavy atom. The highest BCUT2D eigenvalue weighted by molar-refractivity contribution is 5.79. The van der Waals surface area contributed by atoms with E-state index in [1.807, 2.05) is 4.90 Å². The van der Waals surface area contributed by atoms with Crippen LogP contribution in [-0.4, -0.2) is 23.9 Å². The zero-order chi connectivity index (χ0) is 10.7. The summed E-state index contributed by atoms with van der Waals surface area (Å²) in [6.07, 6.45) is 6.96. The smallest absolute Gasteiger partial charge is 0.224 e. The number of nitrogens with zero attached hydrogens (tertiary/aromatic N) is 2. The lowest BCUT2D eigenvalue weighted by atomic mass is 9.89. The van der Waals surface area contributed by atoms with Crippen LogP contribution >= 0.6 is 0 Å². The number of nitriles is 1. The second-order valence-corrected chi connectivity index (χ2v) is 4.83. The molecule has 1 aliphatic carbocycles. The fourth-order valence-corrected chi connectivity index (χ4v) is 2.72. The molecule has 1 saturated carbocycles. The van der Waals surface area contributed by atoms with Gasteiger partial charge in [0.1, 0.15) is 0 Å². The first-order valence-corrected chi connectivity index (χ1v) is 5.97. The maximum Gasteiger partial charge on any atom is 0.224 e. The standard InChI is InChI=1S/C12H18N2O/c13-7-11-6-12(15)14(9-11)8-10-4-2-1-3-5-10/h10-11H,1-6,8-9H2. The molecule has 0 aromatic heterocycles. The first-order valence-electron chi connectivity index (χ1n) is 5.97. The van der Waals surface area contributed by atoms with E-state index in [9.17, 15) is 4.79 Å². The van der Waals surface area contributed by atoms with Gasteiger partial charge in [-0.1, -0.05) is 19.3 Å². The van der Waals surface area contributed by atoms with Gasteiger partial charge in [0, 0.05) is 19.5 Å². The Morgan fingerprint density at radius 1 is 1.33 bits per heavy atom. The number of carbonyl (C=O) groups excluding carboxylic acids is 1. The van der Waals surface area contributed by atoms with Crippen molar-refractivity contribution in [1.29, 1.82) is 5.26 Å². The van der Waals surface area contributed by atoms with E-state index in [4.69, 9.17) is 5.26 Å². The lowest BCUT2D eigenvalue weighted by molar-refractivity contribution is -0.128. The van der Waals surface area contributed by atoms with Gasteiger partial charge < -0.3 is 4.90 Å². The lowest BCUT2D eigenvalue weighted by Crippen LogP contribution is -2.31. The summed E-state index contributed by atoms with van der Waals surface area (Å²) in [6.45, 7) is 1.57. The Labute approximate surface area is 91.1 Å². The normalized spacial score (nSPS) is 28.1. The van der Waals surface area contributed by atoms with E-state index in [2.05, 4.69) is 6.07 Å². The third-order valence-electron chi connectivity index (χ3n) is 3.60. The third-order valence-corrected chi connectivity index (χ3v) is 3.60. The molecule has 0 N–H and O–H groups in total. The van der Waals surface area contributed by atoms with E-state index in [0.29, 0.717) is 18.9 Å². The van der Waals surface area contributed by atoms with E-state index in [0.717, 1.165) is 6.54 Å². The molecule has 2 aliphatic rings. The van der Waals surface area contributed by atoms with Crippen molar-refractivity contribution in [2.24, 2.45) is 11.8 Å². The van der Waals surface area contributed by atoms with E-state index in [-0.39, 0.29) is 11.8 Å². The molecule has 0 aromatic rings. The molecule has 2 rings (SSSR count). The summed E-state index contributed by atoms with van der Waals surface area (Å²) >= 11 is 0. The second kappa shape index (κ2) is 4.65. The summed E-state index contributed by atoms with van der Waals surface area (Å²) in [4.78, 5) is 13.5. The van der Waals surface area contributed by atoms with Gasteiger partial charge in [0.15, 0.2) is 0 Å². The lowest BCUT2D eigenvalue weighted by Gasteiger charge is -2.26. The highest BCUT2D eigenvalue weighted by Crippen LogP contribution is 2.26. The van der Waals surface area contributed by atoms with Crippen LogP contribution in [-0.2, 0) is 4.79 Å². The van der Waals surface area contributed by atoms with Crippen LogP contribution in [0.1, 0.15) is 38.5 Å². The van der Waals surface area contributed by atoms with Crippen molar-refractivity contribution in [1.82, 2.24) is 4.90 Å². The zero-order valence-electron chi connectivity index (χ0n) is 9.11. The Morgan fingerprint density at radius 2 is 2.07 bits per heavy atom. The summed E-state index contributed by atoms with van der Waals surface area (Å²) in [6, 6.07) is 2.20. The highest BCUT2D eigenvalue weighted by atomic mass is 16.2. The minimum atomic E-state index is -0.0545. The molecule has 1 saturated heterocycles.